The molecule has 1 nitrogen and oxygen atoms in total. The highest BCUT2D eigenvalue weighted by molar-refractivity contribution is 5.82. The first kappa shape index (κ1) is 12.5. The molecule has 0 fully saturated rings. The maximum Gasteiger partial charge on any atom is 0.123 e. The zero-order valence-corrected chi connectivity index (χ0v) is 10.9. The fourth-order valence-electron chi connectivity index (χ4n) is 2.06. The molecule has 2 aromatic rings. The molecule has 0 saturated carbocycles. The van der Waals surface area contributed by atoms with Gasteiger partial charge < -0.3 is 0 Å². The van der Waals surface area contributed by atoms with E-state index in [4.69, 9.17) is 0 Å². The van der Waals surface area contributed by atoms with Crippen molar-refractivity contribution in [1.29, 1.82) is 0 Å². The van der Waals surface area contributed by atoms with Crippen LogP contribution in [0.1, 0.15) is 22.3 Å². The second-order valence-corrected chi connectivity index (χ2v) is 4.56. The molecule has 0 bridgehead atoms. The average molecular weight is 241 g/mol. The smallest absolute Gasteiger partial charge is 0.123 e. The SMILES string of the molecule is Cc1cc(C)c(N=Cc2ccc(F)cc2)c(C)c1. The Kier molecular flexibility index (Phi) is 3.56. The lowest BCUT2D eigenvalue weighted by Gasteiger charge is -2.06. The summed E-state index contributed by atoms with van der Waals surface area (Å²) < 4.78 is 12.8. The second kappa shape index (κ2) is 5.13. The van der Waals surface area contributed by atoms with E-state index in [1.807, 2.05) is 0 Å². The second-order valence-electron chi connectivity index (χ2n) is 4.56. The molecule has 0 aromatic heterocycles. The molecule has 0 aliphatic rings. The summed E-state index contributed by atoms with van der Waals surface area (Å²) in [6, 6.07) is 10.6. The molecule has 0 spiro atoms. The lowest BCUT2D eigenvalue weighted by Crippen LogP contribution is -1.86. The van der Waals surface area contributed by atoms with E-state index in [1.165, 1.54) is 17.7 Å². The monoisotopic (exact) mass is 241 g/mol. The first-order chi connectivity index (χ1) is 8.56. The van der Waals surface area contributed by atoms with E-state index in [9.17, 15) is 4.39 Å². The molecule has 0 N–H and O–H groups in total. The molecule has 2 heteroatoms. The van der Waals surface area contributed by atoms with Crippen LogP contribution in [0, 0.1) is 26.6 Å². The number of rotatable bonds is 2. The molecule has 0 unspecified atom stereocenters. The Morgan fingerprint density at radius 1 is 0.944 bits per heavy atom. The van der Waals surface area contributed by atoms with Gasteiger partial charge in [-0.1, -0.05) is 29.8 Å². The zero-order valence-electron chi connectivity index (χ0n) is 10.9. The number of nitrogens with zero attached hydrogens (tertiary/aromatic N) is 1. The summed E-state index contributed by atoms with van der Waals surface area (Å²) in [7, 11) is 0. The van der Waals surface area contributed by atoms with Crippen LogP contribution >= 0.6 is 0 Å². The van der Waals surface area contributed by atoms with E-state index in [1.54, 1.807) is 18.3 Å². The van der Waals surface area contributed by atoms with Crippen LogP contribution in [0.15, 0.2) is 41.4 Å². The summed E-state index contributed by atoms with van der Waals surface area (Å²) in [5.41, 5.74) is 5.45. The van der Waals surface area contributed by atoms with Crippen LogP contribution in [0.3, 0.4) is 0 Å². The van der Waals surface area contributed by atoms with Gasteiger partial charge in [-0.3, -0.25) is 4.99 Å². The van der Waals surface area contributed by atoms with Gasteiger partial charge in [0, 0.05) is 6.21 Å². The van der Waals surface area contributed by atoms with Gasteiger partial charge in [0.15, 0.2) is 0 Å². The van der Waals surface area contributed by atoms with Gasteiger partial charge in [0.1, 0.15) is 5.82 Å². The number of aliphatic imine (C=N–C) groups is 1. The quantitative estimate of drug-likeness (QED) is 0.686. The zero-order chi connectivity index (χ0) is 13.1. The van der Waals surface area contributed by atoms with Crippen molar-refractivity contribution in [2.24, 2.45) is 4.99 Å². The van der Waals surface area contributed by atoms with Gasteiger partial charge in [0.05, 0.1) is 5.69 Å². The van der Waals surface area contributed by atoms with E-state index in [2.05, 4.69) is 37.9 Å². The molecule has 0 heterocycles. The molecule has 0 aliphatic heterocycles. The number of aryl methyl sites for hydroxylation is 3. The number of hydrogen-bond donors (Lipinski definition) is 0. The highest BCUT2D eigenvalue weighted by Crippen LogP contribution is 2.24. The predicted molar refractivity (Wildman–Crippen MR) is 74.3 cm³/mol. The molecule has 0 atom stereocenters. The van der Waals surface area contributed by atoms with E-state index in [0.717, 1.165) is 22.4 Å². The van der Waals surface area contributed by atoms with Crippen molar-refractivity contribution in [3.63, 3.8) is 0 Å². The fraction of sp³-hybridized carbons (Fsp3) is 0.188. The van der Waals surface area contributed by atoms with Gasteiger partial charge in [0.2, 0.25) is 0 Å². The van der Waals surface area contributed by atoms with Crippen molar-refractivity contribution < 1.29 is 4.39 Å². The summed E-state index contributed by atoms with van der Waals surface area (Å²) in [5.74, 6) is -0.227. The molecule has 0 aliphatic carbocycles. The summed E-state index contributed by atoms with van der Waals surface area (Å²) in [4.78, 5) is 4.50. The lowest BCUT2D eigenvalue weighted by molar-refractivity contribution is 0.628. The molecule has 0 saturated heterocycles. The first-order valence-corrected chi connectivity index (χ1v) is 5.94. The third kappa shape index (κ3) is 2.83. The van der Waals surface area contributed by atoms with Crippen molar-refractivity contribution >= 4 is 11.9 Å². The summed E-state index contributed by atoms with van der Waals surface area (Å²) in [6.07, 6.45) is 1.77. The fourth-order valence-corrected chi connectivity index (χ4v) is 2.06. The van der Waals surface area contributed by atoms with Crippen LogP contribution in [0.5, 0.6) is 0 Å². The van der Waals surface area contributed by atoms with Crippen LogP contribution in [-0.2, 0) is 0 Å². The first-order valence-electron chi connectivity index (χ1n) is 5.94. The highest BCUT2D eigenvalue weighted by atomic mass is 19.1. The van der Waals surface area contributed by atoms with Crippen molar-refractivity contribution in [3.05, 3.63) is 64.5 Å². The maximum absolute atomic E-state index is 12.8. The van der Waals surface area contributed by atoms with Gasteiger partial charge in [-0.15, -0.1) is 0 Å². The number of halogens is 1. The van der Waals surface area contributed by atoms with E-state index < -0.39 is 0 Å². The minimum atomic E-state index is -0.227. The molecular weight excluding hydrogens is 225 g/mol. The largest absolute Gasteiger partial charge is 0.256 e. The normalized spacial score (nSPS) is 11.1. The van der Waals surface area contributed by atoms with Crippen LogP contribution < -0.4 is 0 Å². The van der Waals surface area contributed by atoms with Gasteiger partial charge in [0.25, 0.3) is 0 Å². The minimum absolute atomic E-state index is 0.227. The maximum atomic E-state index is 12.8. The van der Waals surface area contributed by atoms with Crippen molar-refractivity contribution in [1.82, 2.24) is 0 Å². The molecule has 0 radical (unpaired) electrons. The molecule has 92 valence electrons. The Labute approximate surface area is 107 Å². The Hall–Kier alpha value is -1.96. The van der Waals surface area contributed by atoms with Crippen LogP contribution in [-0.4, -0.2) is 6.21 Å². The average Bonchev–Trinajstić information content (AvgIpc) is 2.30. The molecule has 18 heavy (non-hydrogen) atoms. The van der Waals surface area contributed by atoms with Crippen LogP contribution in [0.25, 0.3) is 0 Å². The molecule has 2 rings (SSSR count). The van der Waals surface area contributed by atoms with Gasteiger partial charge >= 0.3 is 0 Å². The summed E-state index contributed by atoms with van der Waals surface area (Å²) >= 11 is 0. The van der Waals surface area contributed by atoms with Crippen LogP contribution in [0.2, 0.25) is 0 Å². The molecule has 2 aromatic carbocycles. The van der Waals surface area contributed by atoms with Crippen molar-refractivity contribution in [3.8, 4) is 0 Å². The highest BCUT2D eigenvalue weighted by Gasteiger charge is 2.01. The van der Waals surface area contributed by atoms with E-state index >= 15 is 0 Å². The topological polar surface area (TPSA) is 12.4 Å². The molecule has 0 amide bonds. The minimum Gasteiger partial charge on any atom is -0.256 e. The Morgan fingerprint density at radius 3 is 2.06 bits per heavy atom. The predicted octanol–water partition coefficient (Wildman–Crippen LogP) is 4.50. The van der Waals surface area contributed by atoms with Crippen molar-refractivity contribution in [2.45, 2.75) is 20.8 Å². The summed E-state index contributed by atoms with van der Waals surface area (Å²) in [6.45, 7) is 6.18. The Bertz CT molecular complexity index is 560. The van der Waals surface area contributed by atoms with E-state index in [0.29, 0.717) is 0 Å². The van der Waals surface area contributed by atoms with Gasteiger partial charge in [-0.2, -0.15) is 0 Å². The lowest BCUT2D eigenvalue weighted by atomic mass is 10.1. The Morgan fingerprint density at radius 2 is 1.50 bits per heavy atom. The number of benzene rings is 2. The Balaban J connectivity index is 2.31. The standard InChI is InChI=1S/C16H16FN/c1-11-8-12(2)16(13(3)9-11)18-10-14-4-6-15(17)7-5-14/h4-10H,1-3H3. The number of hydrogen-bond acceptors (Lipinski definition) is 1. The van der Waals surface area contributed by atoms with E-state index in [-0.39, 0.29) is 5.82 Å². The van der Waals surface area contributed by atoms with Gasteiger partial charge in [-0.25, -0.2) is 4.39 Å². The van der Waals surface area contributed by atoms with Crippen LogP contribution in [0.4, 0.5) is 10.1 Å². The molecular formula is C16H16FN. The third-order valence-corrected chi connectivity index (χ3v) is 2.85. The van der Waals surface area contributed by atoms with Crippen molar-refractivity contribution in [2.75, 3.05) is 0 Å². The third-order valence-electron chi connectivity index (χ3n) is 2.85. The van der Waals surface area contributed by atoms with Gasteiger partial charge in [-0.05, 0) is 49.6 Å². The summed E-state index contributed by atoms with van der Waals surface area (Å²) in [5, 5.41) is 0.